The van der Waals surface area contributed by atoms with Gasteiger partial charge >= 0.3 is 0 Å². The number of nitrogen functional groups attached to an aromatic ring is 1. The first-order chi connectivity index (χ1) is 9.25. The summed E-state index contributed by atoms with van der Waals surface area (Å²) in [5.74, 6) is 1.93. The first kappa shape index (κ1) is 12.5. The molecule has 19 heavy (non-hydrogen) atoms. The predicted molar refractivity (Wildman–Crippen MR) is 74.6 cm³/mol. The van der Waals surface area contributed by atoms with E-state index in [0.29, 0.717) is 17.3 Å². The molecule has 2 unspecified atom stereocenters. The summed E-state index contributed by atoms with van der Waals surface area (Å²) in [6.45, 7) is 1.77. The Kier molecular flexibility index (Phi) is 3.40. The Bertz CT molecular complexity index is 474. The molecular weight excluding hydrogens is 238 g/mol. The summed E-state index contributed by atoms with van der Waals surface area (Å²) in [6.07, 6.45) is 8.08. The lowest BCUT2D eigenvalue weighted by Crippen LogP contribution is -2.45. The van der Waals surface area contributed by atoms with Gasteiger partial charge in [0.15, 0.2) is 0 Å². The van der Waals surface area contributed by atoms with Crippen molar-refractivity contribution < 1.29 is 4.79 Å². The molecule has 0 aromatic carbocycles. The minimum absolute atomic E-state index is 0.0506. The lowest BCUT2D eigenvalue weighted by molar-refractivity contribution is 0.0521. The molecule has 4 nitrogen and oxygen atoms in total. The third-order valence-electron chi connectivity index (χ3n) is 4.65. The highest BCUT2D eigenvalue weighted by Gasteiger charge is 2.33. The molecule has 2 N–H and O–H groups in total. The topological polar surface area (TPSA) is 59.2 Å². The Labute approximate surface area is 114 Å². The van der Waals surface area contributed by atoms with Crippen LogP contribution in [0.5, 0.6) is 0 Å². The lowest BCUT2D eigenvalue weighted by Gasteiger charge is -2.41. The van der Waals surface area contributed by atoms with Gasteiger partial charge in [-0.25, -0.2) is 4.98 Å². The van der Waals surface area contributed by atoms with Gasteiger partial charge in [-0.1, -0.05) is 19.3 Å². The SMILES string of the molecule is Nc1ncccc1C(=O)N1CCC2CCCCC2C1. The minimum atomic E-state index is 0.0506. The number of amides is 1. The fourth-order valence-corrected chi connectivity index (χ4v) is 3.55. The molecule has 1 aliphatic heterocycles. The Balaban J connectivity index is 1.73. The average Bonchev–Trinajstić information content (AvgIpc) is 2.46. The second-order valence-electron chi connectivity index (χ2n) is 5.78. The molecule has 1 aromatic heterocycles. The van der Waals surface area contributed by atoms with Crippen molar-refractivity contribution in [1.82, 2.24) is 9.88 Å². The molecule has 4 heteroatoms. The van der Waals surface area contributed by atoms with E-state index in [1.54, 1.807) is 18.3 Å². The quantitative estimate of drug-likeness (QED) is 0.842. The summed E-state index contributed by atoms with van der Waals surface area (Å²) in [5.41, 5.74) is 6.35. The molecule has 2 fully saturated rings. The van der Waals surface area contributed by atoms with Gasteiger partial charge in [-0.15, -0.1) is 0 Å². The summed E-state index contributed by atoms with van der Waals surface area (Å²) in [4.78, 5) is 18.5. The van der Waals surface area contributed by atoms with Gasteiger partial charge < -0.3 is 10.6 Å². The standard InChI is InChI=1S/C15H21N3O/c16-14-13(6-3-8-17-14)15(19)18-9-7-11-4-1-2-5-12(11)10-18/h3,6,8,11-12H,1-2,4-5,7,9-10H2,(H2,16,17). The molecule has 2 heterocycles. The van der Waals surface area contributed by atoms with E-state index in [9.17, 15) is 4.79 Å². The van der Waals surface area contributed by atoms with Crippen LogP contribution in [0.4, 0.5) is 5.82 Å². The first-order valence-corrected chi connectivity index (χ1v) is 7.25. The maximum Gasteiger partial charge on any atom is 0.257 e. The fraction of sp³-hybridized carbons (Fsp3) is 0.600. The van der Waals surface area contributed by atoms with Crippen molar-refractivity contribution in [2.75, 3.05) is 18.8 Å². The highest BCUT2D eigenvalue weighted by atomic mass is 16.2. The third-order valence-corrected chi connectivity index (χ3v) is 4.65. The van der Waals surface area contributed by atoms with E-state index in [2.05, 4.69) is 4.98 Å². The van der Waals surface area contributed by atoms with Gasteiger partial charge in [0, 0.05) is 19.3 Å². The molecule has 0 spiro atoms. The van der Waals surface area contributed by atoms with E-state index < -0.39 is 0 Å². The molecule has 102 valence electrons. The molecule has 1 aromatic rings. The van der Waals surface area contributed by atoms with Crippen LogP contribution in [0.3, 0.4) is 0 Å². The number of pyridine rings is 1. The molecule has 1 aliphatic carbocycles. The van der Waals surface area contributed by atoms with Crippen molar-refractivity contribution >= 4 is 11.7 Å². The number of anilines is 1. The van der Waals surface area contributed by atoms with E-state index in [1.807, 2.05) is 4.90 Å². The van der Waals surface area contributed by atoms with Crippen LogP contribution in [-0.4, -0.2) is 28.9 Å². The van der Waals surface area contributed by atoms with Crippen molar-refractivity contribution in [2.45, 2.75) is 32.1 Å². The number of carbonyl (C=O) groups excluding carboxylic acids is 1. The van der Waals surface area contributed by atoms with Gasteiger partial charge in [-0.2, -0.15) is 0 Å². The van der Waals surface area contributed by atoms with Crippen molar-refractivity contribution in [2.24, 2.45) is 11.8 Å². The van der Waals surface area contributed by atoms with Crippen LogP contribution in [-0.2, 0) is 0 Å². The summed E-state index contributed by atoms with van der Waals surface area (Å²) in [6, 6.07) is 3.55. The fourth-order valence-electron chi connectivity index (χ4n) is 3.55. The smallest absolute Gasteiger partial charge is 0.257 e. The van der Waals surface area contributed by atoms with Gasteiger partial charge in [0.2, 0.25) is 0 Å². The highest BCUT2D eigenvalue weighted by molar-refractivity contribution is 5.98. The first-order valence-electron chi connectivity index (χ1n) is 7.25. The monoisotopic (exact) mass is 259 g/mol. The maximum atomic E-state index is 12.5. The third kappa shape index (κ3) is 2.44. The molecule has 2 aliphatic rings. The van der Waals surface area contributed by atoms with Crippen LogP contribution in [0.25, 0.3) is 0 Å². The molecule has 3 rings (SSSR count). The number of fused-ring (bicyclic) bond motifs is 1. The molecule has 1 amide bonds. The number of nitrogens with zero attached hydrogens (tertiary/aromatic N) is 2. The van der Waals surface area contributed by atoms with E-state index in [4.69, 9.17) is 5.73 Å². The van der Waals surface area contributed by atoms with Crippen LogP contribution >= 0.6 is 0 Å². The highest BCUT2D eigenvalue weighted by Crippen LogP contribution is 2.36. The average molecular weight is 259 g/mol. The number of aromatic nitrogens is 1. The van der Waals surface area contributed by atoms with Gasteiger partial charge in [-0.3, -0.25) is 4.79 Å². The zero-order chi connectivity index (χ0) is 13.2. The van der Waals surface area contributed by atoms with Crippen molar-refractivity contribution in [3.63, 3.8) is 0 Å². The molecule has 1 saturated heterocycles. The number of hydrogen-bond acceptors (Lipinski definition) is 3. The van der Waals surface area contributed by atoms with Crippen LogP contribution in [0, 0.1) is 11.8 Å². The van der Waals surface area contributed by atoms with Gasteiger partial charge in [0.1, 0.15) is 5.82 Å². The minimum Gasteiger partial charge on any atom is -0.383 e. The van der Waals surface area contributed by atoms with Crippen molar-refractivity contribution in [3.8, 4) is 0 Å². The second kappa shape index (κ2) is 5.19. The Morgan fingerprint density at radius 2 is 2.05 bits per heavy atom. The van der Waals surface area contributed by atoms with Crippen LogP contribution in [0.1, 0.15) is 42.5 Å². The normalized spacial score (nSPS) is 26.8. The zero-order valence-electron chi connectivity index (χ0n) is 11.2. The largest absolute Gasteiger partial charge is 0.383 e. The number of hydrogen-bond donors (Lipinski definition) is 1. The molecule has 0 radical (unpaired) electrons. The van der Waals surface area contributed by atoms with Gasteiger partial charge in [-0.05, 0) is 36.8 Å². The van der Waals surface area contributed by atoms with E-state index in [0.717, 1.165) is 25.4 Å². The Hall–Kier alpha value is -1.58. The van der Waals surface area contributed by atoms with Gasteiger partial charge in [0.05, 0.1) is 5.56 Å². The Morgan fingerprint density at radius 3 is 2.84 bits per heavy atom. The van der Waals surface area contributed by atoms with Crippen LogP contribution < -0.4 is 5.73 Å². The van der Waals surface area contributed by atoms with Crippen molar-refractivity contribution in [3.05, 3.63) is 23.9 Å². The van der Waals surface area contributed by atoms with Crippen molar-refractivity contribution in [1.29, 1.82) is 0 Å². The van der Waals surface area contributed by atoms with E-state index in [-0.39, 0.29) is 5.91 Å². The Morgan fingerprint density at radius 1 is 1.26 bits per heavy atom. The molecular formula is C15H21N3O. The van der Waals surface area contributed by atoms with E-state index >= 15 is 0 Å². The summed E-state index contributed by atoms with van der Waals surface area (Å²) < 4.78 is 0. The maximum absolute atomic E-state index is 12.5. The predicted octanol–water partition coefficient (Wildman–Crippen LogP) is 2.32. The number of carbonyl (C=O) groups is 1. The number of likely N-dealkylation sites (tertiary alicyclic amines) is 1. The van der Waals surface area contributed by atoms with Crippen LogP contribution in [0.2, 0.25) is 0 Å². The van der Waals surface area contributed by atoms with Gasteiger partial charge in [0.25, 0.3) is 5.91 Å². The number of rotatable bonds is 1. The number of piperidine rings is 1. The lowest BCUT2D eigenvalue weighted by atomic mass is 9.75. The molecule has 1 saturated carbocycles. The van der Waals surface area contributed by atoms with Crippen LogP contribution in [0.15, 0.2) is 18.3 Å². The zero-order valence-corrected chi connectivity index (χ0v) is 11.2. The summed E-state index contributed by atoms with van der Waals surface area (Å²) in [5, 5.41) is 0. The van der Waals surface area contributed by atoms with E-state index in [1.165, 1.54) is 25.7 Å². The molecule has 2 atom stereocenters. The number of nitrogens with two attached hydrogens (primary N) is 1. The summed E-state index contributed by atoms with van der Waals surface area (Å²) in [7, 11) is 0. The molecule has 0 bridgehead atoms. The summed E-state index contributed by atoms with van der Waals surface area (Å²) >= 11 is 0. The second-order valence-corrected chi connectivity index (χ2v) is 5.78.